The molecule has 3 heteroatoms. The standard InChI is InChI=1S/C18H25N3/c1-4-19-17-7-5-6-8-18-16(17)12-20-21(18)15-10-13(2)9-14(3)11-15/h9-12,17,19H,4-8H2,1-3H3. The molecular formula is C18H25N3. The fraction of sp³-hybridized carbons (Fsp3) is 0.500. The van der Waals surface area contributed by atoms with Crippen molar-refractivity contribution in [1.29, 1.82) is 0 Å². The number of rotatable bonds is 3. The molecule has 2 aromatic rings. The first kappa shape index (κ1) is 14.3. The fourth-order valence-electron chi connectivity index (χ4n) is 3.48. The summed E-state index contributed by atoms with van der Waals surface area (Å²) < 4.78 is 2.16. The highest BCUT2D eigenvalue weighted by atomic mass is 15.3. The Morgan fingerprint density at radius 3 is 2.67 bits per heavy atom. The Morgan fingerprint density at radius 2 is 1.95 bits per heavy atom. The second-order valence-corrected chi connectivity index (χ2v) is 6.16. The first-order valence-corrected chi connectivity index (χ1v) is 8.08. The lowest BCUT2D eigenvalue weighted by Gasteiger charge is -2.15. The highest BCUT2D eigenvalue weighted by Crippen LogP contribution is 2.30. The minimum atomic E-state index is 0.465. The Labute approximate surface area is 127 Å². The van der Waals surface area contributed by atoms with Gasteiger partial charge in [0.25, 0.3) is 0 Å². The van der Waals surface area contributed by atoms with E-state index in [-0.39, 0.29) is 0 Å². The number of nitrogens with zero attached hydrogens (tertiary/aromatic N) is 2. The van der Waals surface area contributed by atoms with Gasteiger partial charge in [-0.25, -0.2) is 4.68 Å². The van der Waals surface area contributed by atoms with Gasteiger partial charge in [0, 0.05) is 17.3 Å². The smallest absolute Gasteiger partial charge is 0.0654 e. The van der Waals surface area contributed by atoms with Gasteiger partial charge in [0.15, 0.2) is 0 Å². The van der Waals surface area contributed by atoms with Crippen molar-refractivity contribution in [1.82, 2.24) is 15.1 Å². The molecule has 1 unspecified atom stereocenters. The molecule has 0 saturated carbocycles. The lowest BCUT2D eigenvalue weighted by Crippen LogP contribution is -2.20. The predicted molar refractivity (Wildman–Crippen MR) is 87.0 cm³/mol. The quantitative estimate of drug-likeness (QED) is 0.867. The van der Waals surface area contributed by atoms with Crippen molar-refractivity contribution in [3.8, 4) is 5.69 Å². The molecule has 1 atom stereocenters. The third-order valence-electron chi connectivity index (χ3n) is 4.33. The molecule has 1 aliphatic carbocycles. The van der Waals surface area contributed by atoms with Crippen LogP contribution in [0.1, 0.15) is 54.6 Å². The van der Waals surface area contributed by atoms with Gasteiger partial charge < -0.3 is 5.32 Å². The van der Waals surface area contributed by atoms with Gasteiger partial charge in [-0.2, -0.15) is 5.10 Å². The van der Waals surface area contributed by atoms with Crippen LogP contribution in [0.5, 0.6) is 0 Å². The molecular weight excluding hydrogens is 258 g/mol. The Balaban J connectivity index is 2.05. The zero-order chi connectivity index (χ0) is 14.8. The maximum atomic E-state index is 4.70. The van der Waals surface area contributed by atoms with Gasteiger partial charge in [0.2, 0.25) is 0 Å². The van der Waals surface area contributed by atoms with Gasteiger partial charge in [-0.05, 0) is 62.9 Å². The second-order valence-electron chi connectivity index (χ2n) is 6.16. The van der Waals surface area contributed by atoms with Crippen molar-refractivity contribution in [2.24, 2.45) is 0 Å². The average Bonchev–Trinajstić information content (AvgIpc) is 2.75. The van der Waals surface area contributed by atoms with E-state index in [9.17, 15) is 0 Å². The van der Waals surface area contributed by atoms with Crippen LogP contribution >= 0.6 is 0 Å². The van der Waals surface area contributed by atoms with Crippen LogP contribution in [0.2, 0.25) is 0 Å². The molecule has 1 aliphatic rings. The highest BCUT2D eigenvalue weighted by molar-refractivity contribution is 5.42. The second kappa shape index (κ2) is 6.02. The van der Waals surface area contributed by atoms with E-state index in [1.54, 1.807) is 0 Å². The Bertz CT molecular complexity index is 607. The van der Waals surface area contributed by atoms with E-state index in [0.29, 0.717) is 6.04 Å². The molecule has 1 aromatic heterocycles. The normalized spacial score (nSPS) is 18.3. The predicted octanol–water partition coefficient (Wildman–Crippen LogP) is 3.87. The summed E-state index contributed by atoms with van der Waals surface area (Å²) in [6.45, 7) is 7.50. The van der Waals surface area contributed by atoms with E-state index in [2.05, 4.69) is 55.2 Å². The topological polar surface area (TPSA) is 29.9 Å². The van der Waals surface area contributed by atoms with E-state index in [4.69, 9.17) is 5.10 Å². The molecule has 0 bridgehead atoms. The fourth-order valence-corrected chi connectivity index (χ4v) is 3.48. The Morgan fingerprint density at radius 1 is 1.19 bits per heavy atom. The number of benzene rings is 1. The Kier molecular flexibility index (Phi) is 4.11. The minimum Gasteiger partial charge on any atom is -0.310 e. The molecule has 0 spiro atoms. The summed E-state index contributed by atoms with van der Waals surface area (Å²) in [5.41, 5.74) is 6.58. The number of nitrogens with one attached hydrogen (secondary N) is 1. The maximum Gasteiger partial charge on any atom is 0.0654 e. The molecule has 1 heterocycles. The van der Waals surface area contributed by atoms with Gasteiger partial charge in [-0.3, -0.25) is 0 Å². The van der Waals surface area contributed by atoms with Crippen LogP contribution in [-0.4, -0.2) is 16.3 Å². The molecule has 0 aliphatic heterocycles. The van der Waals surface area contributed by atoms with E-state index in [1.165, 1.54) is 47.3 Å². The van der Waals surface area contributed by atoms with Crippen molar-refractivity contribution in [2.45, 2.75) is 52.5 Å². The van der Waals surface area contributed by atoms with Crippen LogP contribution in [-0.2, 0) is 6.42 Å². The molecule has 0 saturated heterocycles. The van der Waals surface area contributed by atoms with E-state index < -0.39 is 0 Å². The first-order chi connectivity index (χ1) is 10.2. The van der Waals surface area contributed by atoms with Crippen LogP contribution < -0.4 is 5.32 Å². The summed E-state index contributed by atoms with van der Waals surface area (Å²) in [5, 5.41) is 8.32. The largest absolute Gasteiger partial charge is 0.310 e. The lowest BCUT2D eigenvalue weighted by molar-refractivity contribution is 0.503. The summed E-state index contributed by atoms with van der Waals surface area (Å²) >= 11 is 0. The van der Waals surface area contributed by atoms with Crippen LogP contribution in [0.4, 0.5) is 0 Å². The van der Waals surface area contributed by atoms with E-state index in [1.807, 2.05) is 0 Å². The highest BCUT2D eigenvalue weighted by Gasteiger charge is 2.22. The Hall–Kier alpha value is -1.61. The number of hydrogen-bond acceptors (Lipinski definition) is 2. The average molecular weight is 283 g/mol. The number of hydrogen-bond donors (Lipinski definition) is 1. The summed E-state index contributed by atoms with van der Waals surface area (Å²) in [7, 11) is 0. The molecule has 0 fully saturated rings. The van der Waals surface area contributed by atoms with Crippen molar-refractivity contribution in [2.75, 3.05) is 6.54 Å². The summed E-state index contributed by atoms with van der Waals surface area (Å²) in [4.78, 5) is 0. The summed E-state index contributed by atoms with van der Waals surface area (Å²) in [5.74, 6) is 0. The summed E-state index contributed by atoms with van der Waals surface area (Å²) in [6.07, 6.45) is 6.97. The van der Waals surface area contributed by atoms with Gasteiger partial charge in [0.1, 0.15) is 0 Å². The van der Waals surface area contributed by atoms with Crippen LogP contribution in [0.15, 0.2) is 24.4 Å². The number of aromatic nitrogens is 2. The van der Waals surface area contributed by atoms with Crippen LogP contribution in [0, 0.1) is 13.8 Å². The SMILES string of the molecule is CCNC1CCCCc2c1cnn2-c1cc(C)cc(C)c1. The molecule has 3 nitrogen and oxygen atoms in total. The van der Waals surface area contributed by atoms with Gasteiger partial charge in [0.05, 0.1) is 11.9 Å². The molecule has 3 rings (SSSR count). The molecule has 21 heavy (non-hydrogen) atoms. The maximum absolute atomic E-state index is 4.70. The summed E-state index contributed by atoms with van der Waals surface area (Å²) in [6, 6.07) is 7.14. The molecule has 0 amide bonds. The molecule has 1 N–H and O–H groups in total. The van der Waals surface area contributed by atoms with Gasteiger partial charge in [-0.1, -0.05) is 19.4 Å². The van der Waals surface area contributed by atoms with Crippen molar-refractivity contribution in [3.63, 3.8) is 0 Å². The molecule has 112 valence electrons. The van der Waals surface area contributed by atoms with Crippen LogP contribution in [0.25, 0.3) is 5.69 Å². The van der Waals surface area contributed by atoms with Crippen molar-refractivity contribution >= 4 is 0 Å². The number of aryl methyl sites for hydroxylation is 2. The minimum absolute atomic E-state index is 0.465. The van der Waals surface area contributed by atoms with Crippen molar-refractivity contribution in [3.05, 3.63) is 46.8 Å². The monoisotopic (exact) mass is 283 g/mol. The zero-order valence-corrected chi connectivity index (χ0v) is 13.3. The van der Waals surface area contributed by atoms with Gasteiger partial charge in [-0.15, -0.1) is 0 Å². The third kappa shape index (κ3) is 2.88. The lowest BCUT2D eigenvalue weighted by atomic mass is 10.1. The first-order valence-electron chi connectivity index (χ1n) is 8.08. The molecule has 1 aromatic carbocycles. The van der Waals surface area contributed by atoms with Crippen LogP contribution in [0.3, 0.4) is 0 Å². The molecule has 0 radical (unpaired) electrons. The number of fused-ring (bicyclic) bond motifs is 1. The van der Waals surface area contributed by atoms with Crippen molar-refractivity contribution < 1.29 is 0 Å². The van der Waals surface area contributed by atoms with Gasteiger partial charge >= 0.3 is 0 Å². The third-order valence-corrected chi connectivity index (χ3v) is 4.33. The zero-order valence-electron chi connectivity index (χ0n) is 13.3. The van der Waals surface area contributed by atoms with E-state index >= 15 is 0 Å². The van der Waals surface area contributed by atoms with E-state index in [0.717, 1.165) is 13.0 Å².